The lowest BCUT2D eigenvalue weighted by Crippen LogP contribution is -2.21. The normalized spacial score (nSPS) is 19.5. The van der Waals surface area contributed by atoms with Crippen molar-refractivity contribution in [3.63, 3.8) is 0 Å². The highest BCUT2D eigenvalue weighted by molar-refractivity contribution is 7.07. The zero-order chi connectivity index (χ0) is 10.5. The molecular formula is C12H20N2S. The third-order valence-corrected chi connectivity index (χ3v) is 3.98. The smallest absolute Gasteiger partial charge is 0.0795 e. The summed E-state index contributed by atoms with van der Waals surface area (Å²) in [6.07, 6.45) is 7.15. The summed E-state index contributed by atoms with van der Waals surface area (Å²) >= 11 is 1.68. The van der Waals surface area contributed by atoms with Crippen LogP contribution in [-0.2, 0) is 0 Å². The fraction of sp³-hybridized carbons (Fsp3) is 0.750. The summed E-state index contributed by atoms with van der Waals surface area (Å²) in [5.41, 5.74) is 3.09. The molecule has 3 heteroatoms. The summed E-state index contributed by atoms with van der Waals surface area (Å²) in [6.45, 7) is 3.34. The number of hydrogen-bond donors (Lipinski definition) is 1. The average molecular weight is 224 g/mol. The lowest BCUT2D eigenvalue weighted by molar-refractivity contribution is 0.452. The Morgan fingerprint density at radius 1 is 1.53 bits per heavy atom. The van der Waals surface area contributed by atoms with E-state index in [0.29, 0.717) is 6.04 Å². The Labute approximate surface area is 96.1 Å². The SMILES string of the molecule is CC(NCCC1CCCC1)c1cscn1. The number of hydrogen-bond acceptors (Lipinski definition) is 3. The maximum absolute atomic E-state index is 4.32. The molecule has 1 aliphatic rings. The van der Waals surface area contributed by atoms with E-state index in [2.05, 4.69) is 22.6 Å². The van der Waals surface area contributed by atoms with E-state index in [9.17, 15) is 0 Å². The zero-order valence-electron chi connectivity index (χ0n) is 9.41. The molecule has 0 bridgehead atoms. The molecule has 2 nitrogen and oxygen atoms in total. The van der Waals surface area contributed by atoms with Gasteiger partial charge < -0.3 is 5.32 Å². The molecule has 1 saturated carbocycles. The van der Waals surface area contributed by atoms with Crippen molar-refractivity contribution >= 4 is 11.3 Å². The average Bonchev–Trinajstić information content (AvgIpc) is 2.90. The van der Waals surface area contributed by atoms with Gasteiger partial charge in [-0.1, -0.05) is 25.7 Å². The molecule has 0 aromatic carbocycles. The molecule has 1 fully saturated rings. The molecule has 1 aliphatic carbocycles. The summed E-state index contributed by atoms with van der Waals surface area (Å²) in [4.78, 5) is 4.32. The van der Waals surface area contributed by atoms with Crippen LogP contribution in [0.5, 0.6) is 0 Å². The van der Waals surface area contributed by atoms with Gasteiger partial charge in [0.1, 0.15) is 0 Å². The predicted octanol–water partition coefficient (Wildman–Crippen LogP) is 3.37. The van der Waals surface area contributed by atoms with Gasteiger partial charge in [0.25, 0.3) is 0 Å². The second-order valence-electron chi connectivity index (χ2n) is 4.53. The largest absolute Gasteiger partial charge is 0.309 e. The van der Waals surface area contributed by atoms with Gasteiger partial charge in [0.2, 0.25) is 0 Å². The van der Waals surface area contributed by atoms with Gasteiger partial charge in [-0.3, -0.25) is 0 Å². The second-order valence-corrected chi connectivity index (χ2v) is 5.25. The van der Waals surface area contributed by atoms with Crippen LogP contribution in [0.15, 0.2) is 10.9 Å². The molecular weight excluding hydrogens is 204 g/mol. The van der Waals surface area contributed by atoms with Gasteiger partial charge in [-0.2, -0.15) is 0 Å². The highest BCUT2D eigenvalue weighted by atomic mass is 32.1. The first-order chi connectivity index (χ1) is 7.36. The topological polar surface area (TPSA) is 24.9 Å². The summed E-state index contributed by atoms with van der Waals surface area (Å²) in [5.74, 6) is 0.986. The van der Waals surface area contributed by atoms with Crippen molar-refractivity contribution in [3.8, 4) is 0 Å². The van der Waals surface area contributed by atoms with Crippen LogP contribution in [0.4, 0.5) is 0 Å². The van der Waals surface area contributed by atoms with Gasteiger partial charge in [0.05, 0.1) is 11.2 Å². The van der Waals surface area contributed by atoms with Crippen molar-refractivity contribution in [2.24, 2.45) is 5.92 Å². The monoisotopic (exact) mass is 224 g/mol. The maximum atomic E-state index is 4.32. The van der Waals surface area contributed by atoms with Crippen molar-refractivity contribution in [2.45, 2.75) is 45.1 Å². The Morgan fingerprint density at radius 3 is 3.00 bits per heavy atom. The van der Waals surface area contributed by atoms with E-state index < -0.39 is 0 Å². The minimum Gasteiger partial charge on any atom is -0.309 e. The molecule has 1 atom stereocenters. The van der Waals surface area contributed by atoms with Crippen molar-refractivity contribution < 1.29 is 0 Å². The van der Waals surface area contributed by atoms with E-state index in [-0.39, 0.29) is 0 Å². The lowest BCUT2D eigenvalue weighted by atomic mass is 10.0. The first kappa shape index (κ1) is 11.1. The highest BCUT2D eigenvalue weighted by Crippen LogP contribution is 2.27. The van der Waals surface area contributed by atoms with Crippen LogP contribution in [0.1, 0.15) is 50.8 Å². The third-order valence-electron chi connectivity index (χ3n) is 3.37. The number of nitrogens with zero attached hydrogens (tertiary/aromatic N) is 1. The van der Waals surface area contributed by atoms with Crippen molar-refractivity contribution in [3.05, 3.63) is 16.6 Å². The Balaban J connectivity index is 1.65. The molecule has 1 unspecified atom stereocenters. The molecule has 15 heavy (non-hydrogen) atoms. The molecule has 0 aliphatic heterocycles. The predicted molar refractivity (Wildman–Crippen MR) is 65.1 cm³/mol. The van der Waals surface area contributed by atoms with E-state index in [1.807, 2.05) is 5.51 Å². The Bertz CT molecular complexity index is 265. The molecule has 2 rings (SSSR count). The minimum absolute atomic E-state index is 0.414. The molecule has 1 N–H and O–H groups in total. The molecule has 0 saturated heterocycles. The van der Waals surface area contributed by atoms with Crippen LogP contribution in [-0.4, -0.2) is 11.5 Å². The van der Waals surface area contributed by atoms with Crippen LogP contribution in [0.25, 0.3) is 0 Å². The van der Waals surface area contributed by atoms with Crippen molar-refractivity contribution in [2.75, 3.05) is 6.54 Å². The second kappa shape index (κ2) is 5.61. The summed E-state index contributed by atoms with van der Waals surface area (Å²) in [6, 6.07) is 0.414. The molecule has 1 heterocycles. The number of nitrogens with one attached hydrogen (secondary N) is 1. The zero-order valence-corrected chi connectivity index (χ0v) is 10.2. The minimum atomic E-state index is 0.414. The number of thiazole rings is 1. The van der Waals surface area contributed by atoms with Gasteiger partial charge in [-0.25, -0.2) is 4.98 Å². The fourth-order valence-electron chi connectivity index (χ4n) is 2.34. The lowest BCUT2D eigenvalue weighted by Gasteiger charge is -2.13. The molecule has 1 aromatic heterocycles. The Hall–Kier alpha value is -0.410. The van der Waals surface area contributed by atoms with Gasteiger partial charge in [-0.05, 0) is 25.8 Å². The van der Waals surface area contributed by atoms with Crippen LogP contribution < -0.4 is 5.32 Å². The van der Waals surface area contributed by atoms with Gasteiger partial charge >= 0.3 is 0 Å². The summed E-state index contributed by atoms with van der Waals surface area (Å²) < 4.78 is 0. The van der Waals surface area contributed by atoms with E-state index in [4.69, 9.17) is 0 Å². The van der Waals surface area contributed by atoms with E-state index in [1.54, 1.807) is 11.3 Å². The quantitative estimate of drug-likeness (QED) is 0.829. The van der Waals surface area contributed by atoms with Crippen LogP contribution in [0.3, 0.4) is 0 Å². The standard InChI is InChI=1S/C12H20N2S/c1-10(12-8-15-9-14-12)13-7-6-11-4-2-3-5-11/h8-11,13H,2-7H2,1H3. The number of aromatic nitrogens is 1. The van der Waals surface area contributed by atoms with Crippen molar-refractivity contribution in [1.29, 1.82) is 0 Å². The van der Waals surface area contributed by atoms with Crippen LogP contribution in [0, 0.1) is 5.92 Å². The highest BCUT2D eigenvalue weighted by Gasteiger charge is 2.15. The van der Waals surface area contributed by atoms with E-state index in [0.717, 1.165) is 12.5 Å². The fourth-order valence-corrected chi connectivity index (χ4v) is 2.99. The van der Waals surface area contributed by atoms with Crippen LogP contribution in [0.2, 0.25) is 0 Å². The van der Waals surface area contributed by atoms with Gasteiger partial charge in [0, 0.05) is 11.4 Å². The molecule has 1 aromatic rings. The third kappa shape index (κ3) is 3.28. The van der Waals surface area contributed by atoms with Gasteiger partial charge in [-0.15, -0.1) is 11.3 Å². The maximum Gasteiger partial charge on any atom is 0.0795 e. The first-order valence-electron chi connectivity index (χ1n) is 5.97. The van der Waals surface area contributed by atoms with Crippen LogP contribution >= 0.6 is 11.3 Å². The van der Waals surface area contributed by atoms with E-state index >= 15 is 0 Å². The summed E-state index contributed by atoms with van der Waals surface area (Å²) in [5, 5.41) is 5.69. The molecule has 0 spiro atoms. The molecule has 0 radical (unpaired) electrons. The number of rotatable bonds is 5. The Kier molecular flexibility index (Phi) is 4.15. The Morgan fingerprint density at radius 2 is 2.33 bits per heavy atom. The summed E-state index contributed by atoms with van der Waals surface area (Å²) in [7, 11) is 0. The first-order valence-corrected chi connectivity index (χ1v) is 6.92. The van der Waals surface area contributed by atoms with E-state index in [1.165, 1.54) is 37.8 Å². The molecule has 84 valence electrons. The van der Waals surface area contributed by atoms with Crippen molar-refractivity contribution in [1.82, 2.24) is 10.3 Å². The molecule has 0 amide bonds. The van der Waals surface area contributed by atoms with Gasteiger partial charge in [0.15, 0.2) is 0 Å².